The monoisotopic (exact) mass is 1070 g/mol. The molecule has 6 rings (SSSR count). The first-order valence-electron chi connectivity index (χ1n) is 25.7. The number of carbonyl (C=O) groups excluding carboxylic acids is 7. The summed E-state index contributed by atoms with van der Waals surface area (Å²) in [5.74, 6) is -9.29. The summed E-state index contributed by atoms with van der Waals surface area (Å²) in [7, 11) is 0. The fraction of sp³-hybridized carbons (Fsp3) is 0.556. The van der Waals surface area contributed by atoms with E-state index in [1.807, 2.05) is 6.92 Å². The molecule has 3 aromatic rings. The quantitative estimate of drug-likeness (QED) is 0.0209. The van der Waals surface area contributed by atoms with E-state index < -0.39 is 113 Å². The number of unbranched alkanes of at least 4 members (excludes halogenated alkanes) is 3. The second-order valence-corrected chi connectivity index (χ2v) is 20.2. The zero-order valence-electron chi connectivity index (χ0n) is 44.2. The number of hydrogen-bond acceptors (Lipinski definition) is 21. The Labute approximate surface area is 443 Å². The number of H-pyrrole nitrogens is 1. The number of ether oxygens (including phenoxy) is 6. The number of carbonyl (C=O) groups is 8. The van der Waals surface area contributed by atoms with Crippen LogP contribution in [0, 0.1) is 11.8 Å². The molecule has 2 aromatic heterocycles. The molecule has 1 aliphatic heterocycles. The van der Waals surface area contributed by atoms with Crippen molar-refractivity contribution in [3.8, 4) is 0 Å². The smallest absolute Gasteiger partial charge is 0.341 e. The minimum absolute atomic E-state index is 0.0332. The normalized spacial score (nSPS) is 25.2. The van der Waals surface area contributed by atoms with Gasteiger partial charge in [0.15, 0.2) is 46.5 Å². The molecular formula is C54H67N5O18. The predicted octanol–water partition coefficient (Wildman–Crippen LogP) is 4.21. The molecular weight excluding hydrogens is 1010 g/mol. The number of aromatic amines is 1. The Morgan fingerprint density at radius 1 is 0.909 bits per heavy atom. The number of allylic oxidation sites excluding steroid dienone is 1. The molecule has 9 atom stereocenters. The van der Waals surface area contributed by atoms with Crippen LogP contribution in [0.2, 0.25) is 0 Å². The van der Waals surface area contributed by atoms with Crippen LogP contribution in [0.5, 0.6) is 0 Å². The Morgan fingerprint density at radius 2 is 1.60 bits per heavy atom. The van der Waals surface area contributed by atoms with Gasteiger partial charge in [0.25, 0.3) is 5.56 Å². The van der Waals surface area contributed by atoms with E-state index in [1.165, 1.54) is 33.0 Å². The maximum Gasteiger partial charge on any atom is 0.341 e. The van der Waals surface area contributed by atoms with Gasteiger partial charge in [0.05, 0.1) is 30.3 Å². The molecule has 1 aromatic carbocycles. The van der Waals surface area contributed by atoms with Crippen molar-refractivity contribution in [2.75, 3.05) is 12.3 Å². The first-order valence-corrected chi connectivity index (χ1v) is 25.7. The lowest BCUT2D eigenvalue weighted by Crippen LogP contribution is -2.64. The SMILES string of the molecule is C/C=C(/C)C(=O)O[C@H]1C(C)=C2C([C@@H]1OC(=O)CCCCCOC(=O)CC[C@H](CC(=O)c1ccc(CCc3cnc4nc(N)[nH]c(=O)c4n3)cc1)C(=O)O)[C@@](C)(OC(C)=O)C[C@H](OC(=O)CCCC)[C@@]1(O)[C@H]2OC(=O)[C@]1(C)O. The Morgan fingerprint density at radius 3 is 2.26 bits per heavy atom. The van der Waals surface area contributed by atoms with E-state index >= 15 is 0 Å². The maximum atomic E-state index is 13.8. The molecule has 2 aliphatic carbocycles. The van der Waals surface area contributed by atoms with Crippen molar-refractivity contribution < 1.29 is 82.1 Å². The van der Waals surface area contributed by atoms with Crippen LogP contribution in [-0.2, 0) is 74.8 Å². The highest BCUT2D eigenvalue weighted by molar-refractivity contribution is 5.98. The largest absolute Gasteiger partial charge is 0.481 e. The first-order chi connectivity index (χ1) is 36.3. The summed E-state index contributed by atoms with van der Waals surface area (Å²) in [6.07, 6.45) is -2.06. The van der Waals surface area contributed by atoms with E-state index in [4.69, 9.17) is 34.2 Å². The number of rotatable bonds is 24. The van der Waals surface area contributed by atoms with Gasteiger partial charge >= 0.3 is 41.8 Å². The highest BCUT2D eigenvalue weighted by Crippen LogP contribution is 2.57. The van der Waals surface area contributed by atoms with Crippen LogP contribution in [0.1, 0.15) is 141 Å². The van der Waals surface area contributed by atoms with Crippen molar-refractivity contribution in [2.45, 2.75) is 173 Å². The molecule has 23 heteroatoms. The minimum atomic E-state index is -2.68. The van der Waals surface area contributed by atoms with Crippen LogP contribution in [0.25, 0.3) is 11.2 Å². The molecule has 416 valence electrons. The summed E-state index contributed by atoms with van der Waals surface area (Å²) < 4.78 is 34.9. The van der Waals surface area contributed by atoms with E-state index in [0.717, 1.165) is 19.4 Å². The molecule has 3 heterocycles. The number of esters is 6. The highest BCUT2D eigenvalue weighted by atomic mass is 16.6. The second kappa shape index (κ2) is 24.7. The average Bonchev–Trinajstić information content (AvgIpc) is 3.74. The second-order valence-electron chi connectivity index (χ2n) is 20.2. The number of anilines is 1. The maximum absolute atomic E-state index is 13.8. The van der Waals surface area contributed by atoms with Gasteiger partial charge in [-0.1, -0.05) is 43.7 Å². The summed E-state index contributed by atoms with van der Waals surface area (Å²) in [5.41, 5.74) is 0.149. The number of fused-ring (bicyclic) bond motifs is 4. The number of carboxylic acid groups (broad SMARTS) is 1. The number of hydrogen-bond donors (Lipinski definition) is 5. The van der Waals surface area contributed by atoms with Crippen LogP contribution in [0.3, 0.4) is 0 Å². The van der Waals surface area contributed by atoms with Crippen molar-refractivity contribution in [1.29, 1.82) is 0 Å². The molecule has 0 amide bonds. The van der Waals surface area contributed by atoms with Crippen LogP contribution in [-0.4, -0.2) is 131 Å². The molecule has 0 radical (unpaired) electrons. The Hall–Kier alpha value is -7.40. The van der Waals surface area contributed by atoms with E-state index in [1.54, 1.807) is 31.2 Å². The van der Waals surface area contributed by atoms with Gasteiger partial charge in [0.1, 0.15) is 11.7 Å². The number of aromatic nitrogens is 4. The van der Waals surface area contributed by atoms with Crippen molar-refractivity contribution >= 4 is 64.7 Å². The van der Waals surface area contributed by atoms with E-state index in [0.29, 0.717) is 49.8 Å². The van der Waals surface area contributed by atoms with E-state index in [2.05, 4.69) is 19.9 Å². The molecule has 0 bridgehead atoms. The molecule has 3 aliphatic rings. The van der Waals surface area contributed by atoms with Crippen LogP contribution in [0.4, 0.5) is 5.95 Å². The van der Waals surface area contributed by atoms with Gasteiger partial charge in [-0.25, -0.2) is 19.6 Å². The van der Waals surface area contributed by atoms with E-state index in [-0.39, 0.29) is 79.0 Å². The molecule has 77 heavy (non-hydrogen) atoms. The summed E-state index contributed by atoms with van der Waals surface area (Å²) >= 11 is 0. The average molecular weight is 1070 g/mol. The predicted molar refractivity (Wildman–Crippen MR) is 270 cm³/mol. The van der Waals surface area contributed by atoms with Gasteiger partial charge in [0, 0.05) is 50.2 Å². The third kappa shape index (κ3) is 13.2. The third-order valence-corrected chi connectivity index (χ3v) is 14.5. The van der Waals surface area contributed by atoms with Gasteiger partial charge in [-0.15, -0.1) is 0 Å². The van der Waals surface area contributed by atoms with Gasteiger partial charge in [0.2, 0.25) is 5.95 Å². The van der Waals surface area contributed by atoms with Gasteiger partial charge in [-0.3, -0.25) is 38.5 Å². The Kier molecular flexibility index (Phi) is 18.9. The molecule has 1 saturated carbocycles. The fourth-order valence-electron chi connectivity index (χ4n) is 10.1. The van der Waals surface area contributed by atoms with E-state index in [9.17, 15) is 58.5 Å². The number of ketones is 1. The summed E-state index contributed by atoms with van der Waals surface area (Å²) in [4.78, 5) is 132. The zero-order chi connectivity index (χ0) is 56.6. The van der Waals surface area contributed by atoms with Gasteiger partial charge in [-0.2, -0.15) is 4.98 Å². The van der Waals surface area contributed by atoms with Crippen molar-refractivity contribution in [1.82, 2.24) is 19.9 Å². The molecule has 2 fully saturated rings. The molecule has 6 N–H and O–H groups in total. The zero-order valence-corrected chi connectivity index (χ0v) is 44.2. The number of aryl methyl sites for hydroxylation is 2. The molecule has 1 saturated heterocycles. The first kappa shape index (κ1) is 58.9. The number of nitrogen functional groups attached to an aromatic ring is 1. The number of nitrogens with zero attached hydrogens (tertiary/aromatic N) is 3. The third-order valence-electron chi connectivity index (χ3n) is 14.5. The Bertz CT molecular complexity index is 2900. The van der Waals surface area contributed by atoms with Crippen LogP contribution >= 0.6 is 0 Å². The number of benzene rings is 1. The van der Waals surface area contributed by atoms with Gasteiger partial charge < -0.3 is 49.5 Å². The lowest BCUT2D eigenvalue weighted by atomic mass is 9.75. The minimum Gasteiger partial charge on any atom is -0.481 e. The number of Topliss-reactive ketones (excluding diaryl/α,β-unsaturated/α-hetero) is 1. The van der Waals surface area contributed by atoms with Crippen LogP contribution in [0.15, 0.2) is 58.1 Å². The topological polar surface area (TPSA) is 350 Å². The lowest BCUT2D eigenvalue weighted by Gasteiger charge is -2.41. The fourth-order valence-corrected chi connectivity index (χ4v) is 10.1. The highest BCUT2D eigenvalue weighted by Gasteiger charge is 2.76. The molecule has 0 spiro atoms. The summed E-state index contributed by atoms with van der Waals surface area (Å²) in [5, 5.41) is 34.2. The number of carboxylic acids is 1. The molecule has 23 nitrogen and oxygen atoms in total. The number of aliphatic hydroxyl groups is 2. The van der Waals surface area contributed by atoms with Crippen molar-refractivity contribution in [2.24, 2.45) is 11.8 Å². The molecule has 1 unspecified atom stereocenters. The number of nitrogens with one attached hydrogen (secondary N) is 1. The van der Waals surface area contributed by atoms with Crippen LogP contribution < -0.4 is 11.3 Å². The standard InChI is InChI=1S/C54H67N5O18/c1-8-10-14-38(63)73-36-26-52(6,77-30(5)60)41-40(45-54(36,71)53(7,70)50(69)76-45)29(4)43(75-49(68)28(3)9-2)44(41)74-39(64)15-12-11-13-24-72-37(62)23-21-33(48(66)67)25-35(61)32-19-16-31(17-20-32)18-22-34-27-56-46-42(57-34)47(65)59-51(55)58-46/h9,16-17,19-20,27,33,36,41,43-45,70-71H,8,10-15,18,21-26H2,1-7H3,(H,66,67)(H3,55,56,58,59,65)/b28-9-/t33-,36+,41?,43+,44+,45+,52+,53+,54-/m1/s1. The summed E-state index contributed by atoms with van der Waals surface area (Å²) in [6.45, 7) is 9.99. The Balaban J connectivity index is 1.03. The number of nitrogens with two attached hydrogens (primary N) is 1. The van der Waals surface area contributed by atoms with Crippen molar-refractivity contribution in [3.63, 3.8) is 0 Å². The number of aliphatic carboxylic acids is 1. The van der Waals surface area contributed by atoms with Gasteiger partial charge in [-0.05, 0) is 96.3 Å². The summed E-state index contributed by atoms with van der Waals surface area (Å²) in [6, 6.07) is 6.64. The lowest BCUT2D eigenvalue weighted by molar-refractivity contribution is -0.212. The van der Waals surface area contributed by atoms with Crippen molar-refractivity contribution in [3.05, 3.63) is 80.4 Å².